The summed E-state index contributed by atoms with van der Waals surface area (Å²) in [7, 11) is 0. The summed E-state index contributed by atoms with van der Waals surface area (Å²) in [6.07, 6.45) is 0. The van der Waals surface area contributed by atoms with Gasteiger partial charge in [0.25, 0.3) is 0 Å². The van der Waals surface area contributed by atoms with E-state index in [9.17, 15) is 0 Å². The molecule has 0 aliphatic carbocycles. The van der Waals surface area contributed by atoms with Crippen LogP contribution in [0.15, 0.2) is 12.1 Å². The van der Waals surface area contributed by atoms with Gasteiger partial charge in [-0.1, -0.05) is 26.0 Å². The molecular weight excluding hydrogens is 180 g/mol. The van der Waals surface area contributed by atoms with Crippen molar-refractivity contribution in [1.82, 2.24) is 0 Å². The number of aryl methyl sites for hydroxylation is 2. The quantitative estimate of drug-likeness (QED) is 0.623. The smallest absolute Gasteiger partial charge is 0.0474 e. The maximum Gasteiger partial charge on any atom is 0.0474 e. The van der Waals surface area contributed by atoms with Crippen LogP contribution in [0.1, 0.15) is 42.0 Å². The van der Waals surface area contributed by atoms with Crippen LogP contribution in [0.25, 0.3) is 0 Å². The van der Waals surface area contributed by atoms with Crippen LogP contribution in [0, 0.1) is 13.8 Å². The third kappa shape index (κ3) is 2.25. The van der Waals surface area contributed by atoms with Gasteiger partial charge in [0, 0.05) is 5.88 Å². The molecule has 0 aliphatic rings. The molecule has 0 heterocycles. The number of rotatable bonds is 2. The lowest BCUT2D eigenvalue weighted by molar-refractivity contribution is 0.845. The van der Waals surface area contributed by atoms with Crippen LogP contribution in [0.2, 0.25) is 0 Å². The van der Waals surface area contributed by atoms with Gasteiger partial charge in [-0.05, 0) is 42.0 Å². The molecule has 72 valence electrons. The van der Waals surface area contributed by atoms with Crippen molar-refractivity contribution in [3.05, 3.63) is 34.4 Å². The molecule has 0 aliphatic heterocycles. The molecule has 0 spiro atoms. The van der Waals surface area contributed by atoms with Gasteiger partial charge in [-0.25, -0.2) is 0 Å². The molecule has 0 atom stereocenters. The highest BCUT2D eigenvalue weighted by molar-refractivity contribution is 6.17. The van der Waals surface area contributed by atoms with E-state index in [1.54, 1.807) is 0 Å². The molecule has 1 rings (SSSR count). The van der Waals surface area contributed by atoms with Crippen molar-refractivity contribution in [3.63, 3.8) is 0 Å². The van der Waals surface area contributed by atoms with Crippen LogP contribution in [-0.2, 0) is 5.88 Å². The minimum absolute atomic E-state index is 0.601. The molecule has 0 fully saturated rings. The van der Waals surface area contributed by atoms with Gasteiger partial charge in [-0.15, -0.1) is 11.6 Å². The van der Waals surface area contributed by atoms with Crippen LogP contribution in [-0.4, -0.2) is 0 Å². The van der Waals surface area contributed by atoms with Crippen LogP contribution in [0.5, 0.6) is 0 Å². The second-order valence-electron chi connectivity index (χ2n) is 3.93. The lowest BCUT2D eigenvalue weighted by atomic mass is 9.92. The van der Waals surface area contributed by atoms with Crippen molar-refractivity contribution in [2.24, 2.45) is 0 Å². The van der Waals surface area contributed by atoms with Crippen LogP contribution >= 0.6 is 11.6 Å². The summed E-state index contributed by atoms with van der Waals surface area (Å²) in [4.78, 5) is 0. The van der Waals surface area contributed by atoms with Crippen LogP contribution < -0.4 is 0 Å². The van der Waals surface area contributed by atoms with E-state index in [-0.39, 0.29) is 0 Å². The largest absolute Gasteiger partial charge is 0.122 e. The Hall–Kier alpha value is -0.490. The lowest BCUT2D eigenvalue weighted by Gasteiger charge is -2.14. The van der Waals surface area contributed by atoms with Crippen molar-refractivity contribution in [3.8, 4) is 0 Å². The Bertz CT molecular complexity index is 277. The molecule has 1 aromatic carbocycles. The molecule has 0 N–H and O–H groups in total. The minimum Gasteiger partial charge on any atom is -0.122 e. The summed E-state index contributed by atoms with van der Waals surface area (Å²) in [5.41, 5.74) is 5.42. The van der Waals surface area contributed by atoms with E-state index >= 15 is 0 Å². The molecule has 1 heteroatoms. The average Bonchev–Trinajstić information content (AvgIpc) is 2.02. The predicted octanol–water partition coefficient (Wildman–Crippen LogP) is 4.17. The summed E-state index contributed by atoms with van der Waals surface area (Å²) < 4.78 is 0. The molecule has 0 amide bonds. The van der Waals surface area contributed by atoms with Crippen molar-refractivity contribution < 1.29 is 0 Å². The maximum absolute atomic E-state index is 5.80. The fourth-order valence-corrected chi connectivity index (χ4v) is 2.21. The fourth-order valence-electron chi connectivity index (χ4n) is 2.05. The molecule has 0 nitrogen and oxygen atoms in total. The molecule has 0 unspecified atom stereocenters. The van der Waals surface area contributed by atoms with Gasteiger partial charge in [0.1, 0.15) is 0 Å². The monoisotopic (exact) mass is 196 g/mol. The lowest BCUT2D eigenvalue weighted by Crippen LogP contribution is -1.97. The summed E-state index contributed by atoms with van der Waals surface area (Å²) in [6.45, 7) is 8.79. The topological polar surface area (TPSA) is 0 Å². The van der Waals surface area contributed by atoms with Crippen LogP contribution in [0.3, 0.4) is 0 Å². The van der Waals surface area contributed by atoms with Gasteiger partial charge in [-0.2, -0.15) is 0 Å². The van der Waals surface area contributed by atoms with Gasteiger partial charge < -0.3 is 0 Å². The van der Waals surface area contributed by atoms with Gasteiger partial charge in [0.15, 0.2) is 0 Å². The van der Waals surface area contributed by atoms with E-state index < -0.39 is 0 Å². The molecule has 1 aromatic rings. The molecule has 0 saturated heterocycles. The zero-order valence-electron chi connectivity index (χ0n) is 8.82. The third-order valence-corrected chi connectivity index (χ3v) is 2.69. The van der Waals surface area contributed by atoms with Crippen molar-refractivity contribution >= 4 is 11.6 Å². The van der Waals surface area contributed by atoms with E-state index in [4.69, 9.17) is 11.6 Å². The number of halogens is 1. The van der Waals surface area contributed by atoms with E-state index in [0.29, 0.717) is 11.8 Å². The van der Waals surface area contributed by atoms with E-state index in [0.717, 1.165) is 0 Å². The Morgan fingerprint density at radius 1 is 1.15 bits per heavy atom. The second kappa shape index (κ2) is 4.15. The highest BCUT2D eigenvalue weighted by Crippen LogP contribution is 2.25. The Labute approximate surface area is 85.9 Å². The van der Waals surface area contributed by atoms with Gasteiger partial charge in [0.2, 0.25) is 0 Å². The zero-order valence-corrected chi connectivity index (χ0v) is 9.57. The first-order valence-electron chi connectivity index (χ1n) is 4.72. The number of hydrogen-bond acceptors (Lipinski definition) is 0. The highest BCUT2D eigenvalue weighted by Gasteiger charge is 2.07. The summed E-state index contributed by atoms with van der Waals surface area (Å²) in [5, 5.41) is 0. The summed E-state index contributed by atoms with van der Waals surface area (Å²) in [6, 6.07) is 4.38. The van der Waals surface area contributed by atoms with E-state index in [2.05, 4.69) is 39.8 Å². The molecule has 0 radical (unpaired) electrons. The Morgan fingerprint density at radius 2 is 1.62 bits per heavy atom. The van der Waals surface area contributed by atoms with Gasteiger partial charge >= 0.3 is 0 Å². The standard InChI is InChI=1S/C12H17Cl/c1-8(2)12-9(3)5-11(7-13)6-10(12)4/h5-6,8H,7H2,1-4H3. The molecule has 13 heavy (non-hydrogen) atoms. The average molecular weight is 197 g/mol. The predicted molar refractivity (Wildman–Crippen MR) is 59.6 cm³/mol. The number of hydrogen-bond donors (Lipinski definition) is 0. The molecule has 0 bridgehead atoms. The second-order valence-corrected chi connectivity index (χ2v) is 4.20. The zero-order chi connectivity index (χ0) is 10.0. The molecule has 0 aromatic heterocycles. The fraction of sp³-hybridized carbons (Fsp3) is 0.500. The van der Waals surface area contributed by atoms with Gasteiger partial charge in [0.05, 0.1) is 0 Å². The Kier molecular flexibility index (Phi) is 3.38. The van der Waals surface area contributed by atoms with Crippen molar-refractivity contribution in [1.29, 1.82) is 0 Å². The van der Waals surface area contributed by atoms with Crippen LogP contribution in [0.4, 0.5) is 0 Å². The number of benzene rings is 1. The first kappa shape index (κ1) is 10.6. The SMILES string of the molecule is Cc1cc(CCl)cc(C)c1C(C)C. The van der Waals surface area contributed by atoms with Crippen molar-refractivity contribution in [2.45, 2.75) is 39.5 Å². The van der Waals surface area contributed by atoms with Crippen molar-refractivity contribution in [2.75, 3.05) is 0 Å². The first-order chi connectivity index (χ1) is 6.06. The van der Waals surface area contributed by atoms with E-state index in [1.165, 1.54) is 22.3 Å². The Morgan fingerprint density at radius 3 is 1.92 bits per heavy atom. The van der Waals surface area contributed by atoms with E-state index in [1.807, 2.05) is 0 Å². The molecule has 0 saturated carbocycles. The third-order valence-electron chi connectivity index (χ3n) is 2.39. The highest BCUT2D eigenvalue weighted by atomic mass is 35.5. The Balaban J connectivity index is 3.23. The first-order valence-corrected chi connectivity index (χ1v) is 5.25. The maximum atomic E-state index is 5.80. The summed E-state index contributed by atoms with van der Waals surface area (Å²) in [5.74, 6) is 1.21. The summed E-state index contributed by atoms with van der Waals surface area (Å²) >= 11 is 5.80. The minimum atomic E-state index is 0.601. The van der Waals surface area contributed by atoms with Gasteiger partial charge in [-0.3, -0.25) is 0 Å². The normalized spacial score (nSPS) is 10.9. The molecular formula is C12H17Cl. The number of alkyl halides is 1.